The normalized spacial score (nSPS) is 20.3. The minimum absolute atomic E-state index is 0.651. The van der Waals surface area contributed by atoms with Crippen LogP contribution in [0.25, 0.3) is 0 Å². The van der Waals surface area contributed by atoms with Crippen LogP contribution in [0.15, 0.2) is 24.5 Å². The molecule has 0 unspecified atom stereocenters. The van der Waals surface area contributed by atoms with E-state index in [0.29, 0.717) is 6.04 Å². The van der Waals surface area contributed by atoms with Crippen molar-refractivity contribution < 1.29 is 4.74 Å². The molecule has 2 aliphatic rings. The highest BCUT2D eigenvalue weighted by Crippen LogP contribution is 2.28. The highest BCUT2D eigenvalue weighted by molar-refractivity contribution is 5.44. The summed E-state index contributed by atoms with van der Waals surface area (Å²) in [7, 11) is 0. The Morgan fingerprint density at radius 2 is 1.90 bits per heavy atom. The molecule has 0 radical (unpaired) electrons. The molecule has 0 aromatic carbocycles. The fourth-order valence-electron chi connectivity index (χ4n) is 2.77. The zero-order valence-electron chi connectivity index (χ0n) is 12.1. The SMILES string of the molecule is c1cc(N2CCC(NCCOCC3CC3)CC2)ccn1. The molecule has 4 nitrogen and oxygen atoms in total. The summed E-state index contributed by atoms with van der Waals surface area (Å²) in [6, 6.07) is 4.84. The maximum Gasteiger partial charge on any atom is 0.0591 e. The third kappa shape index (κ3) is 4.18. The van der Waals surface area contributed by atoms with Crippen molar-refractivity contribution in [3.05, 3.63) is 24.5 Å². The van der Waals surface area contributed by atoms with E-state index in [0.717, 1.165) is 38.8 Å². The number of rotatable bonds is 7. The summed E-state index contributed by atoms with van der Waals surface area (Å²) in [5.41, 5.74) is 1.30. The van der Waals surface area contributed by atoms with E-state index in [2.05, 4.69) is 27.3 Å². The second-order valence-electron chi connectivity index (χ2n) is 5.94. The number of piperidine rings is 1. The third-order valence-electron chi connectivity index (χ3n) is 4.25. The second-order valence-corrected chi connectivity index (χ2v) is 5.94. The van der Waals surface area contributed by atoms with Gasteiger partial charge in [-0.3, -0.25) is 4.98 Å². The van der Waals surface area contributed by atoms with Crippen molar-refractivity contribution in [1.82, 2.24) is 10.3 Å². The maximum atomic E-state index is 5.66. The molecule has 1 aromatic rings. The van der Waals surface area contributed by atoms with Crippen LogP contribution in [0.5, 0.6) is 0 Å². The number of nitrogens with zero attached hydrogens (tertiary/aromatic N) is 2. The number of anilines is 1. The predicted octanol–water partition coefficient (Wildman–Crippen LogP) is 2.07. The molecule has 0 atom stereocenters. The van der Waals surface area contributed by atoms with Gasteiger partial charge in [-0.25, -0.2) is 0 Å². The van der Waals surface area contributed by atoms with Gasteiger partial charge in [0.2, 0.25) is 0 Å². The fourth-order valence-corrected chi connectivity index (χ4v) is 2.77. The average molecular weight is 275 g/mol. The molecule has 1 saturated carbocycles. The summed E-state index contributed by atoms with van der Waals surface area (Å²) in [4.78, 5) is 6.52. The first-order valence-corrected chi connectivity index (χ1v) is 7.88. The molecule has 1 aliphatic heterocycles. The van der Waals surface area contributed by atoms with E-state index in [4.69, 9.17) is 4.74 Å². The maximum absolute atomic E-state index is 5.66. The van der Waals surface area contributed by atoms with Gasteiger partial charge in [-0.2, -0.15) is 0 Å². The van der Waals surface area contributed by atoms with Crippen molar-refractivity contribution in [1.29, 1.82) is 0 Å². The molecule has 1 aromatic heterocycles. The van der Waals surface area contributed by atoms with Gasteiger partial charge in [0.25, 0.3) is 0 Å². The van der Waals surface area contributed by atoms with E-state index in [1.165, 1.54) is 31.4 Å². The number of ether oxygens (including phenoxy) is 1. The van der Waals surface area contributed by atoms with Gasteiger partial charge in [-0.1, -0.05) is 0 Å². The van der Waals surface area contributed by atoms with Crippen molar-refractivity contribution in [3.8, 4) is 0 Å². The number of pyridine rings is 1. The molecule has 3 rings (SSSR count). The van der Waals surface area contributed by atoms with Crippen LogP contribution < -0.4 is 10.2 Å². The monoisotopic (exact) mass is 275 g/mol. The molecule has 2 heterocycles. The van der Waals surface area contributed by atoms with Crippen LogP contribution in [0.4, 0.5) is 5.69 Å². The van der Waals surface area contributed by atoms with Crippen molar-refractivity contribution >= 4 is 5.69 Å². The van der Waals surface area contributed by atoms with E-state index >= 15 is 0 Å². The van der Waals surface area contributed by atoms with E-state index in [-0.39, 0.29) is 0 Å². The van der Waals surface area contributed by atoms with Gasteiger partial charge in [0.05, 0.1) is 6.61 Å². The molecule has 20 heavy (non-hydrogen) atoms. The van der Waals surface area contributed by atoms with E-state index in [9.17, 15) is 0 Å². The molecule has 110 valence electrons. The summed E-state index contributed by atoms with van der Waals surface area (Å²) < 4.78 is 5.66. The molecule has 0 bridgehead atoms. The quantitative estimate of drug-likeness (QED) is 0.773. The fraction of sp³-hybridized carbons (Fsp3) is 0.688. The number of hydrogen-bond acceptors (Lipinski definition) is 4. The van der Waals surface area contributed by atoms with Crippen LogP contribution >= 0.6 is 0 Å². The van der Waals surface area contributed by atoms with Crippen LogP contribution in [0.1, 0.15) is 25.7 Å². The second kappa shape index (κ2) is 7.04. The first-order chi connectivity index (χ1) is 9.92. The zero-order chi connectivity index (χ0) is 13.6. The van der Waals surface area contributed by atoms with Gasteiger partial charge in [0.1, 0.15) is 0 Å². The van der Waals surface area contributed by atoms with Crippen molar-refractivity contribution in [3.63, 3.8) is 0 Å². The lowest BCUT2D eigenvalue weighted by atomic mass is 10.0. The molecule has 1 saturated heterocycles. The minimum atomic E-state index is 0.651. The van der Waals surface area contributed by atoms with Crippen LogP contribution in [0.3, 0.4) is 0 Å². The van der Waals surface area contributed by atoms with E-state index in [1.54, 1.807) is 0 Å². The lowest BCUT2D eigenvalue weighted by molar-refractivity contribution is 0.123. The molecule has 1 aliphatic carbocycles. The highest BCUT2D eigenvalue weighted by Gasteiger charge is 2.21. The molecule has 4 heteroatoms. The Hall–Kier alpha value is -1.13. The van der Waals surface area contributed by atoms with E-state index in [1.807, 2.05) is 12.4 Å². The van der Waals surface area contributed by atoms with Gasteiger partial charge in [-0.05, 0) is 43.7 Å². The standard InChI is InChI=1S/C16H25N3O/c1-2-14(1)13-20-12-9-18-15-5-10-19(11-6-15)16-3-7-17-8-4-16/h3-4,7-8,14-15,18H,1-2,5-6,9-13H2. The van der Waals surface area contributed by atoms with Crippen molar-refractivity contribution in [2.75, 3.05) is 37.7 Å². The Bertz CT molecular complexity index is 386. The molecular formula is C16H25N3O. The molecular weight excluding hydrogens is 250 g/mol. The summed E-state index contributed by atoms with van der Waals surface area (Å²) in [6.45, 7) is 5.09. The Labute approximate surface area is 121 Å². The zero-order valence-corrected chi connectivity index (χ0v) is 12.1. The average Bonchev–Trinajstić information content (AvgIpc) is 3.33. The topological polar surface area (TPSA) is 37.4 Å². The Kier molecular flexibility index (Phi) is 4.87. The number of aromatic nitrogens is 1. The van der Waals surface area contributed by atoms with Gasteiger partial charge in [0, 0.05) is 50.4 Å². The third-order valence-corrected chi connectivity index (χ3v) is 4.25. The van der Waals surface area contributed by atoms with Gasteiger partial charge < -0.3 is 15.0 Å². The Balaban J connectivity index is 1.29. The largest absolute Gasteiger partial charge is 0.380 e. The van der Waals surface area contributed by atoms with Crippen LogP contribution in [0.2, 0.25) is 0 Å². The molecule has 2 fully saturated rings. The highest BCUT2D eigenvalue weighted by atomic mass is 16.5. The van der Waals surface area contributed by atoms with Crippen molar-refractivity contribution in [2.24, 2.45) is 5.92 Å². The molecule has 0 spiro atoms. The molecule has 1 N–H and O–H groups in total. The van der Waals surface area contributed by atoms with Gasteiger partial charge in [0.15, 0.2) is 0 Å². The first kappa shape index (κ1) is 13.8. The van der Waals surface area contributed by atoms with Crippen LogP contribution in [0, 0.1) is 5.92 Å². The lowest BCUT2D eigenvalue weighted by Gasteiger charge is -2.34. The number of hydrogen-bond donors (Lipinski definition) is 1. The number of nitrogens with one attached hydrogen (secondary N) is 1. The van der Waals surface area contributed by atoms with Gasteiger partial charge in [-0.15, -0.1) is 0 Å². The smallest absolute Gasteiger partial charge is 0.0591 e. The van der Waals surface area contributed by atoms with Crippen molar-refractivity contribution in [2.45, 2.75) is 31.7 Å². The first-order valence-electron chi connectivity index (χ1n) is 7.88. The lowest BCUT2D eigenvalue weighted by Crippen LogP contribution is -2.43. The molecule has 0 amide bonds. The van der Waals surface area contributed by atoms with E-state index < -0.39 is 0 Å². The Morgan fingerprint density at radius 1 is 1.15 bits per heavy atom. The summed E-state index contributed by atoms with van der Waals surface area (Å²) in [6.07, 6.45) is 8.92. The van der Waals surface area contributed by atoms with Crippen LogP contribution in [-0.4, -0.2) is 43.9 Å². The summed E-state index contributed by atoms with van der Waals surface area (Å²) >= 11 is 0. The predicted molar refractivity (Wildman–Crippen MR) is 81.0 cm³/mol. The summed E-state index contributed by atoms with van der Waals surface area (Å²) in [5.74, 6) is 0.874. The summed E-state index contributed by atoms with van der Waals surface area (Å²) in [5, 5.41) is 3.62. The van der Waals surface area contributed by atoms with Gasteiger partial charge >= 0.3 is 0 Å². The Morgan fingerprint density at radius 3 is 2.60 bits per heavy atom. The van der Waals surface area contributed by atoms with Crippen LogP contribution in [-0.2, 0) is 4.74 Å². The minimum Gasteiger partial charge on any atom is -0.380 e.